The minimum atomic E-state index is -0.188. The highest BCUT2D eigenvalue weighted by Gasteiger charge is 2.34. The van der Waals surface area contributed by atoms with E-state index in [-0.39, 0.29) is 23.4 Å². The molecule has 0 saturated carbocycles. The molecule has 2 heterocycles. The Balaban J connectivity index is 1.72. The van der Waals surface area contributed by atoms with Crippen LogP contribution in [0, 0.1) is 0 Å². The summed E-state index contributed by atoms with van der Waals surface area (Å²) in [6, 6.07) is 8.81. The zero-order chi connectivity index (χ0) is 16.0. The van der Waals surface area contributed by atoms with Crippen LogP contribution in [0.5, 0.6) is 0 Å². The SMILES string of the molecule is CC(c1cc2c(o1)C(=O)c1ccccc1C2=O)N1CCCCC1. The van der Waals surface area contributed by atoms with Gasteiger partial charge < -0.3 is 4.42 Å². The number of nitrogens with zero attached hydrogens (tertiary/aromatic N) is 1. The molecule has 4 nitrogen and oxygen atoms in total. The minimum Gasteiger partial charge on any atom is -0.455 e. The topological polar surface area (TPSA) is 50.5 Å². The van der Waals surface area contributed by atoms with Gasteiger partial charge in [-0.1, -0.05) is 30.7 Å². The lowest BCUT2D eigenvalue weighted by Gasteiger charge is -2.31. The minimum absolute atomic E-state index is 0.0876. The smallest absolute Gasteiger partial charge is 0.229 e. The van der Waals surface area contributed by atoms with Crippen LogP contribution in [0.3, 0.4) is 0 Å². The van der Waals surface area contributed by atoms with Gasteiger partial charge in [0, 0.05) is 11.1 Å². The molecule has 1 fully saturated rings. The summed E-state index contributed by atoms with van der Waals surface area (Å²) in [5.41, 5.74) is 1.33. The number of benzene rings is 1. The summed E-state index contributed by atoms with van der Waals surface area (Å²) in [4.78, 5) is 27.6. The molecular formula is C19H19NO3. The van der Waals surface area contributed by atoms with Crippen molar-refractivity contribution in [2.45, 2.75) is 32.2 Å². The van der Waals surface area contributed by atoms with Crippen LogP contribution in [0.15, 0.2) is 34.7 Å². The van der Waals surface area contributed by atoms with E-state index in [9.17, 15) is 9.59 Å². The van der Waals surface area contributed by atoms with Crippen LogP contribution in [-0.4, -0.2) is 29.6 Å². The molecule has 1 aliphatic heterocycles. The maximum absolute atomic E-state index is 12.6. The lowest BCUT2D eigenvalue weighted by atomic mass is 9.88. The number of hydrogen-bond donors (Lipinski definition) is 0. The maximum atomic E-state index is 12.6. The summed E-state index contributed by atoms with van der Waals surface area (Å²) in [5, 5.41) is 0. The first kappa shape index (κ1) is 14.4. The number of carbonyl (C=O) groups is 2. The third kappa shape index (κ3) is 2.25. The fourth-order valence-corrected chi connectivity index (χ4v) is 3.59. The molecule has 0 N–H and O–H groups in total. The molecule has 0 spiro atoms. The van der Waals surface area contributed by atoms with E-state index in [0.29, 0.717) is 22.5 Å². The van der Waals surface area contributed by atoms with Gasteiger partial charge in [0.25, 0.3) is 0 Å². The second kappa shape index (κ2) is 5.46. The Morgan fingerprint density at radius 2 is 1.61 bits per heavy atom. The summed E-state index contributed by atoms with van der Waals surface area (Å²) >= 11 is 0. The number of likely N-dealkylation sites (tertiary alicyclic amines) is 1. The van der Waals surface area contributed by atoms with Crippen LogP contribution < -0.4 is 0 Å². The first-order chi connectivity index (χ1) is 11.2. The molecule has 1 atom stereocenters. The predicted octanol–water partition coefficient (Wildman–Crippen LogP) is 3.60. The lowest BCUT2D eigenvalue weighted by molar-refractivity contribution is 0.0954. The van der Waals surface area contributed by atoms with Crippen LogP contribution in [0.1, 0.15) is 70.0 Å². The van der Waals surface area contributed by atoms with Crippen molar-refractivity contribution >= 4 is 11.6 Å². The molecular weight excluding hydrogens is 290 g/mol. The highest BCUT2D eigenvalue weighted by atomic mass is 16.4. The van der Waals surface area contributed by atoms with Crippen molar-refractivity contribution in [2.24, 2.45) is 0 Å². The van der Waals surface area contributed by atoms with Gasteiger partial charge in [-0.2, -0.15) is 0 Å². The third-order valence-electron chi connectivity index (χ3n) is 4.97. The Labute approximate surface area is 135 Å². The molecule has 23 heavy (non-hydrogen) atoms. The van der Waals surface area contributed by atoms with Crippen molar-refractivity contribution in [1.29, 1.82) is 0 Å². The average molecular weight is 309 g/mol. The van der Waals surface area contributed by atoms with Gasteiger partial charge >= 0.3 is 0 Å². The van der Waals surface area contributed by atoms with E-state index in [1.165, 1.54) is 19.3 Å². The average Bonchev–Trinajstić information content (AvgIpc) is 3.05. The zero-order valence-corrected chi connectivity index (χ0v) is 13.2. The lowest BCUT2D eigenvalue weighted by Crippen LogP contribution is -2.32. The molecule has 4 rings (SSSR count). The van der Waals surface area contributed by atoms with Crippen LogP contribution >= 0.6 is 0 Å². The third-order valence-corrected chi connectivity index (χ3v) is 4.97. The Morgan fingerprint density at radius 3 is 2.30 bits per heavy atom. The summed E-state index contributed by atoms with van der Waals surface area (Å²) in [5.74, 6) is 0.613. The Morgan fingerprint density at radius 1 is 0.957 bits per heavy atom. The molecule has 2 aromatic rings. The summed E-state index contributed by atoms with van der Waals surface area (Å²) in [6.07, 6.45) is 3.65. The Bertz CT molecular complexity index is 731. The summed E-state index contributed by atoms with van der Waals surface area (Å²) < 4.78 is 5.85. The fourth-order valence-electron chi connectivity index (χ4n) is 3.59. The van der Waals surface area contributed by atoms with E-state index >= 15 is 0 Å². The molecule has 1 saturated heterocycles. The number of carbonyl (C=O) groups excluding carboxylic acids is 2. The normalized spacial score (nSPS) is 19.3. The molecule has 1 aromatic heterocycles. The van der Waals surface area contributed by atoms with Crippen LogP contribution in [0.2, 0.25) is 0 Å². The molecule has 0 radical (unpaired) electrons. The number of hydrogen-bond acceptors (Lipinski definition) is 4. The number of furan rings is 1. The van der Waals surface area contributed by atoms with Crippen LogP contribution in [-0.2, 0) is 0 Å². The van der Waals surface area contributed by atoms with Gasteiger partial charge in [-0.15, -0.1) is 0 Å². The van der Waals surface area contributed by atoms with E-state index in [4.69, 9.17) is 4.42 Å². The Hall–Kier alpha value is -2.20. The molecule has 0 amide bonds. The molecule has 118 valence electrons. The zero-order valence-electron chi connectivity index (χ0n) is 13.2. The molecule has 2 aliphatic rings. The molecule has 1 aromatic carbocycles. The second-order valence-electron chi connectivity index (χ2n) is 6.37. The standard InChI is InChI=1S/C19H19NO3/c1-12(20-9-5-2-6-10-20)16-11-15-17(21)13-7-3-4-8-14(13)18(22)19(15)23-16/h3-4,7-8,11-12H,2,5-6,9-10H2,1H3. The predicted molar refractivity (Wildman–Crippen MR) is 85.9 cm³/mol. The highest BCUT2D eigenvalue weighted by molar-refractivity contribution is 6.27. The quantitative estimate of drug-likeness (QED) is 0.726. The van der Waals surface area contributed by atoms with Crippen molar-refractivity contribution < 1.29 is 14.0 Å². The van der Waals surface area contributed by atoms with Gasteiger partial charge in [0.1, 0.15) is 5.76 Å². The highest BCUT2D eigenvalue weighted by Crippen LogP contribution is 2.33. The van der Waals surface area contributed by atoms with Gasteiger partial charge in [0.05, 0.1) is 11.6 Å². The molecule has 1 aliphatic carbocycles. The first-order valence-electron chi connectivity index (χ1n) is 8.23. The van der Waals surface area contributed by atoms with E-state index < -0.39 is 0 Å². The van der Waals surface area contributed by atoms with Crippen molar-refractivity contribution in [2.75, 3.05) is 13.1 Å². The molecule has 1 unspecified atom stereocenters. The van der Waals surface area contributed by atoms with Crippen molar-refractivity contribution in [1.82, 2.24) is 4.90 Å². The van der Waals surface area contributed by atoms with Crippen molar-refractivity contribution in [3.05, 3.63) is 58.5 Å². The van der Waals surface area contributed by atoms with Gasteiger partial charge in [0.2, 0.25) is 5.78 Å². The molecule has 4 heteroatoms. The number of rotatable bonds is 2. The van der Waals surface area contributed by atoms with Crippen LogP contribution in [0.4, 0.5) is 0 Å². The van der Waals surface area contributed by atoms with Gasteiger partial charge in [-0.25, -0.2) is 0 Å². The largest absolute Gasteiger partial charge is 0.455 e. The van der Waals surface area contributed by atoms with Crippen molar-refractivity contribution in [3.63, 3.8) is 0 Å². The maximum Gasteiger partial charge on any atom is 0.229 e. The van der Waals surface area contributed by atoms with E-state index in [1.54, 1.807) is 30.3 Å². The summed E-state index contributed by atoms with van der Waals surface area (Å²) in [6.45, 7) is 4.15. The first-order valence-corrected chi connectivity index (χ1v) is 8.23. The molecule has 0 bridgehead atoms. The number of piperidine rings is 1. The number of fused-ring (bicyclic) bond motifs is 2. The van der Waals surface area contributed by atoms with E-state index in [0.717, 1.165) is 13.1 Å². The Kier molecular flexibility index (Phi) is 3.42. The van der Waals surface area contributed by atoms with Crippen LogP contribution in [0.25, 0.3) is 0 Å². The summed E-state index contributed by atoms with van der Waals surface area (Å²) in [7, 11) is 0. The monoisotopic (exact) mass is 309 g/mol. The second-order valence-corrected chi connectivity index (χ2v) is 6.37. The number of ketones is 2. The van der Waals surface area contributed by atoms with Crippen molar-refractivity contribution in [3.8, 4) is 0 Å². The van der Waals surface area contributed by atoms with Gasteiger partial charge in [-0.3, -0.25) is 14.5 Å². The fraction of sp³-hybridized carbons (Fsp3) is 0.368. The van der Waals surface area contributed by atoms with E-state index in [2.05, 4.69) is 11.8 Å². The van der Waals surface area contributed by atoms with Gasteiger partial charge in [-0.05, 0) is 38.9 Å². The van der Waals surface area contributed by atoms with Gasteiger partial charge in [0.15, 0.2) is 11.5 Å². The van der Waals surface area contributed by atoms with E-state index in [1.807, 2.05) is 0 Å².